The monoisotopic (exact) mass is 214 g/mol. The van der Waals surface area contributed by atoms with E-state index in [4.69, 9.17) is 4.52 Å². The normalized spacial score (nSPS) is 10.6. The SMILES string of the molecule is Cc1cc(NC(=O)CSC(C)C)no1. The number of aromatic nitrogens is 1. The molecule has 0 aromatic carbocycles. The van der Waals surface area contributed by atoms with Gasteiger partial charge in [-0.3, -0.25) is 4.79 Å². The van der Waals surface area contributed by atoms with Crippen LogP contribution in [0.3, 0.4) is 0 Å². The fraction of sp³-hybridized carbons (Fsp3) is 0.556. The molecule has 1 rings (SSSR count). The van der Waals surface area contributed by atoms with Crippen molar-refractivity contribution in [3.63, 3.8) is 0 Å². The quantitative estimate of drug-likeness (QED) is 0.833. The molecule has 1 aromatic rings. The Morgan fingerprint density at radius 1 is 1.71 bits per heavy atom. The molecular formula is C9H14N2O2S. The van der Waals surface area contributed by atoms with Gasteiger partial charge >= 0.3 is 0 Å². The van der Waals surface area contributed by atoms with Crippen LogP contribution >= 0.6 is 11.8 Å². The molecule has 0 fully saturated rings. The molecule has 0 bridgehead atoms. The molecule has 1 heterocycles. The Bertz CT molecular complexity index is 310. The summed E-state index contributed by atoms with van der Waals surface area (Å²) in [5, 5.41) is 6.78. The number of hydrogen-bond acceptors (Lipinski definition) is 4. The number of thioether (sulfide) groups is 1. The second kappa shape index (κ2) is 5.05. The Hall–Kier alpha value is -0.970. The highest BCUT2D eigenvalue weighted by Gasteiger charge is 2.06. The van der Waals surface area contributed by atoms with Crippen LogP contribution in [0, 0.1) is 6.92 Å². The average molecular weight is 214 g/mol. The fourth-order valence-corrected chi connectivity index (χ4v) is 1.40. The zero-order chi connectivity index (χ0) is 10.6. The van der Waals surface area contributed by atoms with E-state index in [1.54, 1.807) is 24.8 Å². The molecule has 1 N–H and O–H groups in total. The maximum atomic E-state index is 11.3. The van der Waals surface area contributed by atoms with Crippen molar-refractivity contribution < 1.29 is 9.32 Å². The van der Waals surface area contributed by atoms with Crippen molar-refractivity contribution in [2.75, 3.05) is 11.1 Å². The molecule has 0 saturated heterocycles. The largest absolute Gasteiger partial charge is 0.360 e. The lowest BCUT2D eigenvalue weighted by molar-refractivity contribution is -0.113. The number of carbonyl (C=O) groups excluding carboxylic acids is 1. The summed E-state index contributed by atoms with van der Waals surface area (Å²) in [7, 11) is 0. The molecule has 0 aliphatic heterocycles. The van der Waals surface area contributed by atoms with E-state index >= 15 is 0 Å². The van der Waals surface area contributed by atoms with Crippen LogP contribution < -0.4 is 5.32 Å². The first-order valence-electron chi connectivity index (χ1n) is 4.42. The van der Waals surface area contributed by atoms with E-state index in [1.165, 1.54) is 0 Å². The summed E-state index contributed by atoms with van der Waals surface area (Å²) in [6.07, 6.45) is 0. The number of anilines is 1. The molecule has 0 aliphatic carbocycles. The number of amides is 1. The molecule has 1 amide bonds. The number of aryl methyl sites for hydroxylation is 1. The van der Waals surface area contributed by atoms with Crippen molar-refractivity contribution in [2.24, 2.45) is 0 Å². The first kappa shape index (κ1) is 11.1. The molecule has 1 aromatic heterocycles. The zero-order valence-electron chi connectivity index (χ0n) is 8.53. The first-order valence-corrected chi connectivity index (χ1v) is 5.47. The smallest absolute Gasteiger partial charge is 0.235 e. The van der Waals surface area contributed by atoms with E-state index in [1.807, 2.05) is 0 Å². The number of carbonyl (C=O) groups is 1. The molecule has 14 heavy (non-hydrogen) atoms. The van der Waals surface area contributed by atoms with Gasteiger partial charge in [-0.2, -0.15) is 0 Å². The van der Waals surface area contributed by atoms with E-state index in [9.17, 15) is 4.79 Å². The summed E-state index contributed by atoms with van der Waals surface area (Å²) in [5.41, 5.74) is 0. The Kier molecular flexibility index (Phi) is 4.00. The standard InChI is InChI=1S/C9H14N2O2S/c1-6(2)14-5-9(12)10-8-4-7(3)13-11-8/h4,6H,5H2,1-3H3,(H,10,11,12). The highest BCUT2D eigenvalue weighted by Crippen LogP contribution is 2.11. The molecule has 0 spiro atoms. The lowest BCUT2D eigenvalue weighted by Gasteiger charge is -2.03. The van der Waals surface area contributed by atoms with Crippen molar-refractivity contribution in [3.05, 3.63) is 11.8 Å². The Morgan fingerprint density at radius 2 is 2.43 bits per heavy atom. The molecule has 5 heteroatoms. The molecule has 0 unspecified atom stereocenters. The van der Waals surface area contributed by atoms with Gasteiger partial charge in [0.15, 0.2) is 5.82 Å². The minimum absolute atomic E-state index is 0.0444. The van der Waals surface area contributed by atoms with Gasteiger partial charge in [0.05, 0.1) is 5.75 Å². The van der Waals surface area contributed by atoms with Crippen molar-refractivity contribution in [2.45, 2.75) is 26.0 Å². The summed E-state index contributed by atoms with van der Waals surface area (Å²) >= 11 is 1.59. The van der Waals surface area contributed by atoms with Crippen LogP contribution in [-0.2, 0) is 4.79 Å². The second-order valence-corrected chi connectivity index (χ2v) is 4.80. The van der Waals surface area contributed by atoms with Gasteiger partial charge in [0, 0.05) is 6.07 Å². The second-order valence-electron chi connectivity index (χ2n) is 3.23. The summed E-state index contributed by atoms with van der Waals surface area (Å²) in [5.74, 6) is 1.58. The molecule has 0 saturated carbocycles. The van der Waals surface area contributed by atoms with Gasteiger partial charge in [-0.15, -0.1) is 11.8 Å². The minimum atomic E-state index is -0.0444. The number of rotatable bonds is 4. The lowest BCUT2D eigenvalue weighted by atomic mass is 10.5. The Labute approximate surface area is 87.4 Å². The number of nitrogens with one attached hydrogen (secondary N) is 1. The first-order chi connectivity index (χ1) is 6.58. The predicted octanol–water partition coefficient (Wildman–Crippen LogP) is 2.06. The van der Waals surface area contributed by atoms with Crippen LogP contribution in [0.1, 0.15) is 19.6 Å². The molecule has 0 atom stereocenters. The van der Waals surface area contributed by atoms with Crippen molar-refractivity contribution in [1.29, 1.82) is 0 Å². The Balaban J connectivity index is 2.34. The topological polar surface area (TPSA) is 55.1 Å². The van der Waals surface area contributed by atoms with E-state index in [0.29, 0.717) is 22.6 Å². The molecule has 78 valence electrons. The molecule has 0 aliphatic rings. The van der Waals surface area contributed by atoms with Crippen molar-refractivity contribution in [1.82, 2.24) is 5.16 Å². The molecule has 0 radical (unpaired) electrons. The summed E-state index contributed by atoms with van der Waals surface area (Å²) in [6, 6.07) is 1.69. The van der Waals surface area contributed by atoms with Gasteiger partial charge in [0.2, 0.25) is 5.91 Å². The lowest BCUT2D eigenvalue weighted by Crippen LogP contribution is -2.15. The van der Waals surface area contributed by atoms with E-state index in [0.717, 1.165) is 0 Å². The maximum absolute atomic E-state index is 11.3. The number of nitrogens with zero attached hydrogens (tertiary/aromatic N) is 1. The van der Waals surface area contributed by atoms with E-state index in [-0.39, 0.29) is 5.91 Å². The summed E-state index contributed by atoms with van der Waals surface area (Å²) in [4.78, 5) is 11.3. The van der Waals surface area contributed by atoms with Gasteiger partial charge in [-0.05, 0) is 12.2 Å². The summed E-state index contributed by atoms with van der Waals surface area (Å²) < 4.78 is 4.82. The molecular weight excluding hydrogens is 200 g/mol. The van der Waals surface area contributed by atoms with Crippen LogP contribution in [0.25, 0.3) is 0 Å². The molecule has 4 nitrogen and oxygen atoms in total. The highest BCUT2D eigenvalue weighted by molar-refractivity contribution is 8.00. The van der Waals surface area contributed by atoms with Crippen LogP contribution in [0.4, 0.5) is 5.82 Å². The van der Waals surface area contributed by atoms with E-state index in [2.05, 4.69) is 24.3 Å². The third-order valence-corrected chi connectivity index (χ3v) is 2.54. The van der Waals surface area contributed by atoms with Crippen LogP contribution in [0.5, 0.6) is 0 Å². The van der Waals surface area contributed by atoms with Crippen LogP contribution in [0.15, 0.2) is 10.6 Å². The zero-order valence-corrected chi connectivity index (χ0v) is 9.35. The minimum Gasteiger partial charge on any atom is -0.360 e. The van der Waals surface area contributed by atoms with Gasteiger partial charge in [-0.25, -0.2) is 0 Å². The number of hydrogen-bond donors (Lipinski definition) is 1. The third-order valence-electron chi connectivity index (χ3n) is 1.44. The van der Waals surface area contributed by atoms with Crippen molar-refractivity contribution >= 4 is 23.5 Å². The van der Waals surface area contributed by atoms with Gasteiger partial charge in [0.25, 0.3) is 0 Å². The summed E-state index contributed by atoms with van der Waals surface area (Å²) in [6.45, 7) is 5.89. The average Bonchev–Trinajstić information content (AvgIpc) is 2.48. The fourth-order valence-electron chi connectivity index (χ4n) is 0.847. The van der Waals surface area contributed by atoms with Crippen molar-refractivity contribution in [3.8, 4) is 0 Å². The third kappa shape index (κ3) is 3.83. The van der Waals surface area contributed by atoms with Crippen LogP contribution in [0.2, 0.25) is 0 Å². The highest BCUT2D eigenvalue weighted by atomic mass is 32.2. The van der Waals surface area contributed by atoms with E-state index < -0.39 is 0 Å². The van der Waals surface area contributed by atoms with Gasteiger partial charge < -0.3 is 9.84 Å². The predicted molar refractivity (Wildman–Crippen MR) is 57.5 cm³/mol. The van der Waals surface area contributed by atoms with Gasteiger partial charge in [0.1, 0.15) is 5.76 Å². The maximum Gasteiger partial charge on any atom is 0.235 e. The Morgan fingerprint density at radius 3 is 2.93 bits per heavy atom. The van der Waals surface area contributed by atoms with Crippen LogP contribution in [-0.4, -0.2) is 22.1 Å². The van der Waals surface area contributed by atoms with Gasteiger partial charge in [-0.1, -0.05) is 19.0 Å².